The molecule has 0 spiro atoms. The van der Waals surface area contributed by atoms with Crippen molar-refractivity contribution < 1.29 is 10.0 Å². The van der Waals surface area contributed by atoms with Gasteiger partial charge in [0, 0.05) is 31.0 Å². The van der Waals surface area contributed by atoms with Gasteiger partial charge in [0.1, 0.15) is 5.82 Å². The highest BCUT2D eigenvalue weighted by atomic mass is 16.4. The average molecular weight is 348 g/mol. The second-order valence-electron chi connectivity index (χ2n) is 7.60. The first kappa shape index (κ1) is 15.8. The number of nitrogens with zero attached hydrogens (tertiary/aromatic N) is 3. The summed E-state index contributed by atoms with van der Waals surface area (Å²) < 4.78 is 0. The van der Waals surface area contributed by atoms with Crippen LogP contribution in [-0.2, 0) is 6.42 Å². The number of aromatic amines is 1. The van der Waals surface area contributed by atoms with Crippen LogP contribution in [0.2, 0.25) is 0 Å². The average Bonchev–Trinajstić information content (AvgIpc) is 3.14. The van der Waals surface area contributed by atoms with Gasteiger partial charge in [-0.1, -0.05) is 6.07 Å². The lowest BCUT2D eigenvalue weighted by Gasteiger charge is -2.54. The summed E-state index contributed by atoms with van der Waals surface area (Å²) in [5.74, 6) is 2.96. The predicted molar refractivity (Wildman–Crippen MR) is 101 cm³/mol. The molecule has 0 amide bonds. The van der Waals surface area contributed by atoms with E-state index in [9.17, 15) is 0 Å². The maximum atomic E-state index is 9.14. The van der Waals surface area contributed by atoms with E-state index in [1.165, 1.54) is 29.1 Å². The van der Waals surface area contributed by atoms with Crippen LogP contribution in [-0.4, -0.2) is 45.2 Å². The molecule has 0 radical (unpaired) electrons. The molecule has 4 heterocycles. The third kappa shape index (κ3) is 2.68. The van der Waals surface area contributed by atoms with Gasteiger partial charge in [-0.2, -0.15) is 0 Å². The quantitative estimate of drug-likeness (QED) is 0.612. The summed E-state index contributed by atoms with van der Waals surface area (Å²) in [5.41, 5.74) is 2.81. The van der Waals surface area contributed by atoms with Crippen LogP contribution < -0.4 is 10.5 Å². The highest BCUT2D eigenvalue weighted by molar-refractivity contribution is 6.57. The van der Waals surface area contributed by atoms with Crippen LogP contribution in [0.15, 0.2) is 42.9 Å². The van der Waals surface area contributed by atoms with Crippen LogP contribution in [0.5, 0.6) is 0 Å². The molecule has 26 heavy (non-hydrogen) atoms. The van der Waals surface area contributed by atoms with Crippen molar-refractivity contribution in [3.05, 3.63) is 48.4 Å². The Balaban J connectivity index is 1.26. The smallest absolute Gasteiger partial charge is 0.422 e. The fourth-order valence-electron chi connectivity index (χ4n) is 4.64. The molecule has 6 nitrogen and oxygen atoms in total. The predicted octanol–water partition coefficient (Wildman–Crippen LogP) is 0.953. The van der Waals surface area contributed by atoms with Gasteiger partial charge in [0.2, 0.25) is 0 Å². The number of H-pyrrole nitrogens is 1. The molecular formula is C19H21BN4O2. The Bertz CT molecular complexity index is 915. The Labute approximate surface area is 152 Å². The maximum Gasteiger partial charge on any atom is 0.509 e. The minimum Gasteiger partial charge on any atom is -0.422 e. The summed E-state index contributed by atoms with van der Waals surface area (Å²) in [5, 5.41) is 19.6. The van der Waals surface area contributed by atoms with Crippen LogP contribution >= 0.6 is 0 Å². The van der Waals surface area contributed by atoms with Crippen molar-refractivity contribution in [2.75, 3.05) is 18.0 Å². The number of fused-ring (bicyclic) bond motifs is 3. The molecule has 132 valence electrons. The van der Waals surface area contributed by atoms with Gasteiger partial charge < -0.3 is 19.9 Å². The molecule has 1 aromatic carbocycles. The van der Waals surface area contributed by atoms with Crippen molar-refractivity contribution in [2.45, 2.75) is 12.8 Å². The van der Waals surface area contributed by atoms with Crippen molar-refractivity contribution in [1.29, 1.82) is 0 Å². The van der Waals surface area contributed by atoms with E-state index in [4.69, 9.17) is 10.0 Å². The molecule has 2 atom stereocenters. The lowest BCUT2D eigenvalue weighted by Crippen LogP contribution is -2.56. The van der Waals surface area contributed by atoms with Gasteiger partial charge in [-0.25, -0.2) is 4.98 Å². The molecule has 2 aliphatic heterocycles. The SMILES string of the molecule is OB(O)c1cnc(N2CC3CC(C2)C3Cc2ccc3[nH]ccc3c2)cn1. The lowest BCUT2D eigenvalue weighted by atomic mass is 9.59. The monoisotopic (exact) mass is 348 g/mol. The molecule has 3 fully saturated rings. The number of rotatable bonds is 4. The van der Waals surface area contributed by atoms with Gasteiger partial charge in [0.05, 0.1) is 11.8 Å². The number of hydrogen-bond donors (Lipinski definition) is 3. The van der Waals surface area contributed by atoms with Gasteiger partial charge in [0.25, 0.3) is 0 Å². The Hall–Kier alpha value is -2.38. The molecule has 2 bridgehead atoms. The molecule has 2 saturated heterocycles. The molecule has 2 unspecified atom stereocenters. The van der Waals surface area contributed by atoms with Gasteiger partial charge in [-0.05, 0) is 59.7 Å². The number of piperidine rings is 2. The van der Waals surface area contributed by atoms with Crippen LogP contribution in [0.4, 0.5) is 5.82 Å². The molecule has 1 saturated carbocycles. The van der Waals surface area contributed by atoms with Crippen molar-refractivity contribution in [3.63, 3.8) is 0 Å². The third-order valence-electron chi connectivity index (χ3n) is 6.06. The molecule has 1 aliphatic carbocycles. The summed E-state index contributed by atoms with van der Waals surface area (Å²) >= 11 is 0. The van der Waals surface area contributed by atoms with Crippen LogP contribution in [0.3, 0.4) is 0 Å². The van der Waals surface area contributed by atoms with Gasteiger partial charge in [-0.3, -0.25) is 4.98 Å². The van der Waals surface area contributed by atoms with E-state index in [0.717, 1.165) is 31.2 Å². The van der Waals surface area contributed by atoms with Crippen molar-refractivity contribution in [1.82, 2.24) is 15.0 Å². The van der Waals surface area contributed by atoms with Crippen molar-refractivity contribution >= 4 is 29.4 Å². The summed E-state index contributed by atoms with van der Waals surface area (Å²) in [6, 6.07) is 8.86. The highest BCUT2D eigenvalue weighted by Crippen LogP contribution is 2.47. The van der Waals surface area contributed by atoms with Crippen LogP contribution in [0.1, 0.15) is 12.0 Å². The Morgan fingerprint density at radius 2 is 1.96 bits per heavy atom. The molecule has 7 heteroatoms. The lowest BCUT2D eigenvalue weighted by molar-refractivity contribution is 0.0483. The zero-order chi connectivity index (χ0) is 17.7. The second kappa shape index (κ2) is 6.11. The minimum atomic E-state index is -1.56. The number of anilines is 1. The standard InChI is InChI=1S/C19H21BN4O2/c25-20(26)18-8-23-19(9-22-18)24-10-14-7-15(11-24)16(14)6-12-1-2-17-13(5-12)3-4-21-17/h1-5,8-9,14-16,21,25-26H,6-7,10-11H2. The summed E-state index contributed by atoms with van der Waals surface area (Å²) in [6.07, 6.45) is 7.53. The van der Waals surface area contributed by atoms with E-state index in [1.54, 1.807) is 6.20 Å². The van der Waals surface area contributed by atoms with E-state index >= 15 is 0 Å². The van der Waals surface area contributed by atoms with Gasteiger partial charge in [-0.15, -0.1) is 0 Å². The minimum absolute atomic E-state index is 0.189. The van der Waals surface area contributed by atoms with E-state index in [-0.39, 0.29) is 5.59 Å². The molecule has 3 N–H and O–H groups in total. The van der Waals surface area contributed by atoms with Crippen LogP contribution in [0, 0.1) is 17.8 Å². The first-order valence-corrected chi connectivity index (χ1v) is 9.16. The van der Waals surface area contributed by atoms with E-state index in [1.807, 2.05) is 6.20 Å². The van der Waals surface area contributed by atoms with E-state index in [0.29, 0.717) is 11.8 Å². The molecule has 3 aromatic rings. The molecule has 3 aliphatic rings. The Morgan fingerprint density at radius 1 is 1.12 bits per heavy atom. The van der Waals surface area contributed by atoms with Crippen molar-refractivity contribution in [2.24, 2.45) is 17.8 Å². The molecule has 2 aromatic heterocycles. The van der Waals surface area contributed by atoms with Gasteiger partial charge >= 0.3 is 7.12 Å². The van der Waals surface area contributed by atoms with Gasteiger partial charge in [0.15, 0.2) is 0 Å². The number of aromatic nitrogens is 3. The van der Waals surface area contributed by atoms with E-state index < -0.39 is 7.12 Å². The van der Waals surface area contributed by atoms with Crippen LogP contribution in [0.25, 0.3) is 10.9 Å². The zero-order valence-electron chi connectivity index (χ0n) is 14.4. The zero-order valence-corrected chi connectivity index (χ0v) is 14.4. The first-order chi connectivity index (χ1) is 12.7. The summed E-state index contributed by atoms with van der Waals surface area (Å²) in [4.78, 5) is 14.0. The Kier molecular flexibility index (Phi) is 3.72. The molecule has 6 rings (SSSR count). The van der Waals surface area contributed by atoms with Crippen molar-refractivity contribution in [3.8, 4) is 0 Å². The third-order valence-corrected chi connectivity index (χ3v) is 6.06. The topological polar surface area (TPSA) is 85.3 Å². The largest absolute Gasteiger partial charge is 0.509 e. The maximum absolute atomic E-state index is 9.14. The fraction of sp³-hybridized carbons (Fsp3) is 0.368. The number of benzene rings is 1. The first-order valence-electron chi connectivity index (χ1n) is 9.16. The second-order valence-corrected chi connectivity index (χ2v) is 7.60. The highest BCUT2D eigenvalue weighted by Gasteiger charge is 2.46. The number of nitrogens with one attached hydrogen (secondary N) is 1. The summed E-state index contributed by atoms with van der Waals surface area (Å²) in [6.45, 7) is 2.01. The summed E-state index contributed by atoms with van der Waals surface area (Å²) in [7, 11) is -1.56. The van der Waals surface area contributed by atoms with E-state index in [2.05, 4.69) is 44.1 Å². The Morgan fingerprint density at radius 3 is 2.69 bits per heavy atom. The molecular weight excluding hydrogens is 327 g/mol. The number of hydrogen-bond acceptors (Lipinski definition) is 5. The normalized spacial score (nSPS) is 24.5. The fourth-order valence-corrected chi connectivity index (χ4v) is 4.64.